The predicted molar refractivity (Wildman–Crippen MR) is 86.8 cm³/mol. The molecule has 1 aromatic carbocycles. The monoisotopic (exact) mass is 312 g/mol. The van der Waals surface area contributed by atoms with Crippen LogP contribution in [0.1, 0.15) is 39.7 Å². The topological polar surface area (TPSA) is 64.3 Å². The van der Waals surface area contributed by atoms with Gasteiger partial charge < -0.3 is 15.8 Å². The van der Waals surface area contributed by atoms with Crippen molar-refractivity contribution < 1.29 is 9.53 Å². The minimum atomic E-state index is -0.589. The Morgan fingerprint density at radius 1 is 1.38 bits per heavy atom. The van der Waals surface area contributed by atoms with Crippen molar-refractivity contribution in [2.75, 3.05) is 0 Å². The molecule has 0 heterocycles. The molecule has 1 amide bonds. The fourth-order valence-electron chi connectivity index (χ4n) is 1.86. The van der Waals surface area contributed by atoms with Gasteiger partial charge in [-0.3, -0.25) is 4.79 Å². The molecule has 0 saturated heterocycles. The molecule has 4 nitrogen and oxygen atoms in total. The summed E-state index contributed by atoms with van der Waals surface area (Å²) in [5.74, 6) is 0.357. The Hall–Kier alpha value is -1.26. The van der Waals surface area contributed by atoms with E-state index in [1.807, 2.05) is 26.0 Å². The summed E-state index contributed by atoms with van der Waals surface area (Å²) < 4.78 is 5.62. The molecule has 0 aliphatic carbocycles. The lowest BCUT2D eigenvalue weighted by atomic mass is 10.0. The molecule has 2 unspecified atom stereocenters. The summed E-state index contributed by atoms with van der Waals surface area (Å²) in [7, 11) is 0. The molecular formula is C16H25ClN2O2. The number of hydrogen-bond acceptors (Lipinski definition) is 3. The van der Waals surface area contributed by atoms with Gasteiger partial charge in [0.25, 0.3) is 5.91 Å². The lowest BCUT2D eigenvalue weighted by molar-refractivity contribution is -0.127. The summed E-state index contributed by atoms with van der Waals surface area (Å²) >= 11 is 6.21. The Bertz CT molecular complexity index is 477. The van der Waals surface area contributed by atoms with Gasteiger partial charge in [-0.2, -0.15) is 0 Å². The number of benzene rings is 1. The van der Waals surface area contributed by atoms with Crippen LogP contribution in [-0.4, -0.2) is 24.1 Å². The van der Waals surface area contributed by atoms with E-state index in [4.69, 9.17) is 22.1 Å². The molecule has 0 aromatic heterocycles. The summed E-state index contributed by atoms with van der Waals surface area (Å²) in [5, 5.41) is 3.30. The first-order chi connectivity index (χ1) is 9.83. The normalized spacial score (nSPS) is 13.9. The smallest absolute Gasteiger partial charge is 0.260 e. The summed E-state index contributed by atoms with van der Waals surface area (Å²) in [6.07, 6.45) is 1.11. The molecule has 3 N–H and O–H groups in total. The van der Waals surface area contributed by atoms with E-state index >= 15 is 0 Å². The van der Waals surface area contributed by atoms with Crippen LogP contribution in [0.25, 0.3) is 0 Å². The number of nitrogens with one attached hydrogen (secondary N) is 1. The van der Waals surface area contributed by atoms with E-state index in [1.54, 1.807) is 13.0 Å². The minimum absolute atomic E-state index is 0.0805. The van der Waals surface area contributed by atoms with Crippen LogP contribution in [0.5, 0.6) is 5.75 Å². The molecule has 118 valence electrons. The molecule has 1 aromatic rings. The number of ether oxygens (including phenoxy) is 1. The zero-order valence-corrected chi connectivity index (χ0v) is 13.9. The summed E-state index contributed by atoms with van der Waals surface area (Å²) in [6.45, 7) is 7.57. The van der Waals surface area contributed by atoms with Gasteiger partial charge in [0.1, 0.15) is 5.75 Å². The third-order valence-corrected chi connectivity index (χ3v) is 3.42. The van der Waals surface area contributed by atoms with E-state index in [9.17, 15) is 4.79 Å². The summed E-state index contributed by atoms with van der Waals surface area (Å²) in [6, 6.07) is 5.78. The molecule has 0 radical (unpaired) electrons. The standard InChI is InChI=1S/C16H25ClN2O2/c1-5-13(18)8-12-6-7-15(14(17)9-12)21-11(4)16(20)19-10(2)3/h6-7,9-11,13H,5,8,18H2,1-4H3,(H,19,20). The number of hydrogen-bond donors (Lipinski definition) is 2. The van der Waals surface area contributed by atoms with Gasteiger partial charge in [-0.15, -0.1) is 0 Å². The second kappa shape index (κ2) is 8.25. The van der Waals surface area contributed by atoms with Crippen molar-refractivity contribution >= 4 is 17.5 Å². The van der Waals surface area contributed by atoms with Gasteiger partial charge in [-0.25, -0.2) is 0 Å². The second-order valence-electron chi connectivity index (χ2n) is 5.56. The first-order valence-electron chi connectivity index (χ1n) is 7.34. The van der Waals surface area contributed by atoms with Crippen molar-refractivity contribution in [3.8, 4) is 5.75 Å². The summed E-state index contributed by atoms with van der Waals surface area (Å²) in [4.78, 5) is 11.8. The SMILES string of the molecule is CCC(N)Cc1ccc(OC(C)C(=O)NC(C)C)c(Cl)c1. The molecule has 0 aliphatic rings. The Morgan fingerprint density at radius 2 is 2.05 bits per heavy atom. The Morgan fingerprint density at radius 3 is 2.57 bits per heavy atom. The van der Waals surface area contributed by atoms with Crippen LogP contribution in [0.4, 0.5) is 0 Å². The van der Waals surface area contributed by atoms with E-state index in [1.165, 1.54) is 0 Å². The van der Waals surface area contributed by atoms with Crippen molar-refractivity contribution in [3.05, 3.63) is 28.8 Å². The van der Waals surface area contributed by atoms with Gasteiger partial charge in [0, 0.05) is 12.1 Å². The lowest BCUT2D eigenvalue weighted by Gasteiger charge is -2.18. The van der Waals surface area contributed by atoms with Crippen LogP contribution in [0.2, 0.25) is 5.02 Å². The minimum Gasteiger partial charge on any atom is -0.479 e. The van der Waals surface area contributed by atoms with Crippen LogP contribution < -0.4 is 15.8 Å². The van der Waals surface area contributed by atoms with Gasteiger partial charge in [-0.05, 0) is 51.3 Å². The highest BCUT2D eigenvalue weighted by atomic mass is 35.5. The molecule has 5 heteroatoms. The molecule has 2 atom stereocenters. The van der Waals surface area contributed by atoms with Crippen LogP contribution in [-0.2, 0) is 11.2 Å². The number of carbonyl (C=O) groups excluding carboxylic acids is 1. The number of halogens is 1. The van der Waals surface area contributed by atoms with E-state index in [0.717, 1.165) is 18.4 Å². The molecule has 0 aliphatic heterocycles. The number of rotatable bonds is 7. The number of nitrogens with two attached hydrogens (primary N) is 1. The molecule has 0 fully saturated rings. The third kappa shape index (κ3) is 5.94. The van der Waals surface area contributed by atoms with Gasteiger partial charge in [-0.1, -0.05) is 24.6 Å². The van der Waals surface area contributed by atoms with Crippen LogP contribution >= 0.6 is 11.6 Å². The van der Waals surface area contributed by atoms with Gasteiger partial charge in [0.15, 0.2) is 6.10 Å². The highest BCUT2D eigenvalue weighted by Crippen LogP contribution is 2.27. The lowest BCUT2D eigenvalue weighted by Crippen LogP contribution is -2.40. The Balaban J connectivity index is 2.70. The Kier molecular flexibility index (Phi) is 6.99. The van der Waals surface area contributed by atoms with E-state index in [2.05, 4.69) is 12.2 Å². The fourth-order valence-corrected chi connectivity index (χ4v) is 2.11. The maximum absolute atomic E-state index is 11.8. The van der Waals surface area contributed by atoms with Crippen molar-refractivity contribution in [2.24, 2.45) is 5.73 Å². The highest BCUT2D eigenvalue weighted by molar-refractivity contribution is 6.32. The molecule has 0 saturated carbocycles. The molecular weight excluding hydrogens is 288 g/mol. The third-order valence-electron chi connectivity index (χ3n) is 3.12. The molecule has 1 rings (SSSR count). The maximum Gasteiger partial charge on any atom is 0.260 e. The fraction of sp³-hybridized carbons (Fsp3) is 0.562. The first kappa shape index (κ1) is 17.8. The zero-order chi connectivity index (χ0) is 16.0. The zero-order valence-electron chi connectivity index (χ0n) is 13.2. The number of carbonyl (C=O) groups is 1. The van der Waals surface area contributed by atoms with E-state index in [0.29, 0.717) is 10.8 Å². The average Bonchev–Trinajstić information content (AvgIpc) is 2.40. The first-order valence-corrected chi connectivity index (χ1v) is 7.72. The highest BCUT2D eigenvalue weighted by Gasteiger charge is 2.17. The van der Waals surface area contributed by atoms with Crippen LogP contribution in [0, 0.1) is 0 Å². The van der Waals surface area contributed by atoms with Gasteiger partial charge in [0.05, 0.1) is 5.02 Å². The van der Waals surface area contributed by atoms with Crippen molar-refractivity contribution in [2.45, 2.75) is 58.7 Å². The molecule has 0 spiro atoms. The quantitative estimate of drug-likeness (QED) is 0.813. The van der Waals surface area contributed by atoms with Crippen molar-refractivity contribution in [3.63, 3.8) is 0 Å². The van der Waals surface area contributed by atoms with Gasteiger partial charge >= 0.3 is 0 Å². The summed E-state index contributed by atoms with van der Waals surface area (Å²) in [5.41, 5.74) is 7.00. The van der Waals surface area contributed by atoms with E-state index in [-0.39, 0.29) is 18.0 Å². The van der Waals surface area contributed by atoms with Crippen molar-refractivity contribution in [1.82, 2.24) is 5.32 Å². The van der Waals surface area contributed by atoms with Crippen LogP contribution in [0.3, 0.4) is 0 Å². The van der Waals surface area contributed by atoms with Crippen molar-refractivity contribution in [1.29, 1.82) is 0 Å². The molecule has 0 bridgehead atoms. The van der Waals surface area contributed by atoms with Gasteiger partial charge in [0.2, 0.25) is 0 Å². The largest absolute Gasteiger partial charge is 0.479 e. The van der Waals surface area contributed by atoms with E-state index < -0.39 is 6.10 Å². The van der Waals surface area contributed by atoms with Crippen LogP contribution in [0.15, 0.2) is 18.2 Å². The number of amides is 1. The second-order valence-corrected chi connectivity index (χ2v) is 5.97. The molecule has 21 heavy (non-hydrogen) atoms. The Labute approximate surface area is 132 Å². The average molecular weight is 313 g/mol. The predicted octanol–water partition coefficient (Wildman–Crippen LogP) is 2.91. The maximum atomic E-state index is 11.8.